The van der Waals surface area contributed by atoms with Crippen molar-refractivity contribution in [1.29, 1.82) is 0 Å². The molecule has 8 rings (SSSR count). The van der Waals surface area contributed by atoms with Crippen molar-refractivity contribution in [2.75, 3.05) is 0 Å². The van der Waals surface area contributed by atoms with E-state index in [1.807, 2.05) is 0 Å². The number of hydrogen-bond donors (Lipinski definition) is 0. The smallest absolute Gasteiger partial charge is 0.0878 e. The molecule has 8 fully saturated rings. The van der Waals surface area contributed by atoms with Crippen LogP contribution in [0.3, 0.4) is 0 Å². The summed E-state index contributed by atoms with van der Waals surface area (Å²) in [7, 11) is 0. The van der Waals surface area contributed by atoms with Crippen LogP contribution in [0, 0.1) is 71.0 Å². The first-order chi connectivity index (χ1) is 14.3. The van der Waals surface area contributed by atoms with E-state index in [0.717, 1.165) is 65.1 Å². The normalized spacial score (nSPS) is 67.2. The number of epoxide rings is 2. The Kier molecular flexibility index (Phi) is 3.18. The highest BCUT2D eigenvalue weighted by molar-refractivity contribution is 5.23. The highest BCUT2D eigenvalue weighted by Crippen LogP contribution is 2.72. The van der Waals surface area contributed by atoms with Crippen LogP contribution in [0.5, 0.6) is 0 Å². The van der Waals surface area contributed by atoms with Crippen molar-refractivity contribution in [3.05, 3.63) is 37.5 Å². The lowest BCUT2D eigenvalue weighted by Crippen LogP contribution is -2.36. The van der Waals surface area contributed by atoms with Crippen LogP contribution in [0.15, 0.2) is 37.5 Å². The number of fused-ring (bicyclic) bond motifs is 13. The van der Waals surface area contributed by atoms with Crippen LogP contribution in [0.4, 0.5) is 0 Å². The standard InChI is InChI=1S/C27H34O2/c1-3-12-8-15(6-5-14-7-13(4-2)24-16(14)10-20-26(24)28-20)23-19-9-17(22(12)23)18-11-21-27(29-21)25(18)19/h3-6,12-27H,1-2,7-11H2/b6-5-. The van der Waals surface area contributed by atoms with Gasteiger partial charge >= 0.3 is 0 Å². The van der Waals surface area contributed by atoms with Crippen LogP contribution in [0.25, 0.3) is 0 Å². The predicted octanol–water partition coefficient (Wildman–Crippen LogP) is 4.88. The Morgan fingerprint density at radius 2 is 1.10 bits per heavy atom. The molecule has 29 heavy (non-hydrogen) atoms. The lowest BCUT2D eigenvalue weighted by atomic mass is 9.67. The highest BCUT2D eigenvalue weighted by atomic mass is 16.6. The van der Waals surface area contributed by atoms with Gasteiger partial charge in [0, 0.05) is 0 Å². The molecule has 8 aliphatic rings. The van der Waals surface area contributed by atoms with Gasteiger partial charge in [-0.15, -0.1) is 13.2 Å². The zero-order valence-corrected chi connectivity index (χ0v) is 17.3. The quantitative estimate of drug-likeness (QED) is 0.505. The minimum Gasteiger partial charge on any atom is -0.369 e. The summed E-state index contributed by atoms with van der Waals surface area (Å²) in [5.74, 6) is 10.2. The second kappa shape index (κ2) is 5.49. The number of allylic oxidation sites excluding steroid dienone is 4. The molecule has 154 valence electrons. The molecule has 0 aromatic heterocycles. The summed E-state index contributed by atoms with van der Waals surface area (Å²) in [5, 5.41) is 0. The van der Waals surface area contributed by atoms with Crippen molar-refractivity contribution in [3.8, 4) is 0 Å². The first kappa shape index (κ1) is 16.8. The summed E-state index contributed by atoms with van der Waals surface area (Å²) >= 11 is 0. The molecule has 0 N–H and O–H groups in total. The predicted molar refractivity (Wildman–Crippen MR) is 112 cm³/mol. The van der Waals surface area contributed by atoms with Crippen LogP contribution in [0.2, 0.25) is 0 Å². The van der Waals surface area contributed by atoms with Crippen LogP contribution in [0.1, 0.15) is 32.1 Å². The molecule has 6 saturated carbocycles. The van der Waals surface area contributed by atoms with E-state index in [-0.39, 0.29) is 0 Å². The van der Waals surface area contributed by atoms with E-state index >= 15 is 0 Å². The van der Waals surface area contributed by atoms with E-state index in [9.17, 15) is 0 Å². The van der Waals surface area contributed by atoms with E-state index in [1.54, 1.807) is 0 Å². The first-order valence-electron chi connectivity index (χ1n) is 12.5. The Morgan fingerprint density at radius 3 is 1.90 bits per heavy atom. The Hall–Kier alpha value is -0.860. The third-order valence-electron chi connectivity index (χ3n) is 11.4. The molecular weight excluding hydrogens is 356 g/mol. The molecule has 2 aliphatic heterocycles. The number of rotatable bonds is 4. The highest BCUT2D eigenvalue weighted by Gasteiger charge is 2.71. The third-order valence-corrected chi connectivity index (χ3v) is 11.4. The molecule has 2 heteroatoms. The van der Waals surface area contributed by atoms with Crippen LogP contribution < -0.4 is 0 Å². The number of ether oxygens (including phenoxy) is 2. The van der Waals surface area contributed by atoms with Crippen molar-refractivity contribution in [2.24, 2.45) is 71.0 Å². The summed E-state index contributed by atoms with van der Waals surface area (Å²) in [5.41, 5.74) is 0. The van der Waals surface area contributed by atoms with Gasteiger partial charge in [-0.1, -0.05) is 24.3 Å². The van der Waals surface area contributed by atoms with E-state index in [1.165, 1.54) is 32.1 Å². The molecule has 0 aromatic rings. The van der Waals surface area contributed by atoms with Gasteiger partial charge < -0.3 is 9.47 Å². The van der Waals surface area contributed by atoms with Gasteiger partial charge in [0.2, 0.25) is 0 Å². The maximum absolute atomic E-state index is 6.02. The molecule has 0 aromatic carbocycles. The summed E-state index contributed by atoms with van der Waals surface area (Å²) in [6, 6.07) is 0. The largest absolute Gasteiger partial charge is 0.369 e. The average Bonchev–Trinajstić information content (AvgIpc) is 3.27. The molecule has 0 spiro atoms. The molecule has 2 bridgehead atoms. The molecule has 16 atom stereocenters. The number of hydrogen-bond acceptors (Lipinski definition) is 2. The van der Waals surface area contributed by atoms with E-state index in [0.29, 0.717) is 30.3 Å². The van der Waals surface area contributed by atoms with E-state index in [4.69, 9.17) is 9.47 Å². The molecule has 2 saturated heterocycles. The first-order valence-corrected chi connectivity index (χ1v) is 12.5. The topological polar surface area (TPSA) is 25.1 Å². The Labute approximate surface area is 174 Å². The van der Waals surface area contributed by atoms with E-state index in [2.05, 4.69) is 37.5 Å². The van der Waals surface area contributed by atoms with Crippen molar-refractivity contribution < 1.29 is 9.47 Å². The van der Waals surface area contributed by atoms with Crippen LogP contribution >= 0.6 is 0 Å². The fourth-order valence-corrected chi connectivity index (χ4v) is 10.5. The van der Waals surface area contributed by atoms with Gasteiger partial charge in [-0.05, 0) is 103 Å². The second-order valence-corrected chi connectivity index (χ2v) is 11.9. The summed E-state index contributed by atoms with van der Waals surface area (Å²) < 4.78 is 11.9. The average molecular weight is 391 g/mol. The summed E-state index contributed by atoms with van der Waals surface area (Å²) in [4.78, 5) is 0. The zero-order valence-electron chi connectivity index (χ0n) is 17.3. The fraction of sp³-hybridized carbons (Fsp3) is 0.778. The van der Waals surface area contributed by atoms with Gasteiger partial charge in [0.1, 0.15) is 0 Å². The molecule has 0 amide bonds. The van der Waals surface area contributed by atoms with E-state index < -0.39 is 0 Å². The van der Waals surface area contributed by atoms with Crippen molar-refractivity contribution in [3.63, 3.8) is 0 Å². The molecule has 0 radical (unpaired) electrons. The van der Waals surface area contributed by atoms with Gasteiger partial charge in [0.15, 0.2) is 0 Å². The van der Waals surface area contributed by atoms with Gasteiger partial charge in [-0.25, -0.2) is 0 Å². The fourth-order valence-electron chi connectivity index (χ4n) is 10.5. The minimum absolute atomic E-state index is 0.568. The summed E-state index contributed by atoms with van der Waals surface area (Å²) in [6.45, 7) is 8.43. The summed E-state index contributed by atoms with van der Waals surface area (Å²) in [6.07, 6.45) is 19.2. The van der Waals surface area contributed by atoms with Crippen molar-refractivity contribution >= 4 is 0 Å². The van der Waals surface area contributed by atoms with Gasteiger partial charge in [0.25, 0.3) is 0 Å². The van der Waals surface area contributed by atoms with Crippen LogP contribution in [-0.4, -0.2) is 24.4 Å². The minimum atomic E-state index is 0.568. The maximum atomic E-state index is 6.02. The molecule has 6 aliphatic carbocycles. The Bertz CT molecular complexity index is 800. The molecular formula is C27H34O2. The lowest BCUT2D eigenvalue weighted by molar-refractivity contribution is 0.0647. The maximum Gasteiger partial charge on any atom is 0.0878 e. The Morgan fingerprint density at radius 1 is 0.517 bits per heavy atom. The molecule has 16 unspecified atom stereocenters. The van der Waals surface area contributed by atoms with Gasteiger partial charge in [0.05, 0.1) is 24.4 Å². The zero-order chi connectivity index (χ0) is 19.0. The van der Waals surface area contributed by atoms with Crippen molar-refractivity contribution in [1.82, 2.24) is 0 Å². The SMILES string of the molecule is C=CC1CC(/C=C\C2CC(C=C)C3C4CC(C5C4CC4OC45)C23)C2CC3OC3C12. The second-order valence-electron chi connectivity index (χ2n) is 11.9. The van der Waals surface area contributed by atoms with Gasteiger partial charge in [-0.3, -0.25) is 0 Å². The van der Waals surface area contributed by atoms with Crippen molar-refractivity contribution in [2.45, 2.75) is 56.5 Å². The third kappa shape index (κ3) is 2.02. The van der Waals surface area contributed by atoms with Gasteiger partial charge in [-0.2, -0.15) is 0 Å². The monoisotopic (exact) mass is 390 g/mol. The lowest BCUT2D eigenvalue weighted by Gasteiger charge is -2.38. The van der Waals surface area contributed by atoms with Crippen LogP contribution in [-0.2, 0) is 9.47 Å². The Balaban J connectivity index is 1.07. The molecule has 2 nitrogen and oxygen atoms in total. The molecule has 2 heterocycles.